The van der Waals surface area contributed by atoms with Crippen LogP contribution in [0.5, 0.6) is 0 Å². The average molecular weight is 246 g/mol. The molecule has 0 aromatic carbocycles. The van der Waals surface area contributed by atoms with Crippen molar-refractivity contribution in [2.45, 2.75) is 52.5 Å². The average Bonchev–Trinajstić information content (AvgIpc) is 2.49. The van der Waals surface area contributed by atoms with Crippen LogP contribution in [-0.2, 0) is 13.0 Å². The summed E-state index contributed by atoms with van der Waals surface area (Å²) in [6.07, 6.45) is 6.38. The van der Waals surface area contributed by atoms with E-state index in [9.17, 15) is 0 Å². The van der Waals surface area contributed by atoms with E-state index in [2.05, 4.69) is 13.8 Å². The molecule has 0 saturated carbocycles. The van der Waals surface area contributed by atoms with Crippen molar-refractivity contribution in [2.24, 2.45) is 5.73 Å². The molecule has 0 saturated heterocycles. The third kappa shape index (κ3) is 3.47. The topological polar surface area (TPSA) is 26.0 Å². The Morgan fingerprint density at radius 1 is 1.27 bits per heavy atom. The molecule has 0 fully saturated rings. The van der Waals surface area contributed by atoms with Crippen LogP contribution in [-0.4, -0.2) is 0 Å². The minimum atomic E-state index is 0.566. The lowest BCUT2D eigenvalue weighted by Gasteiger charge is -2.00. The lowest BCUT2D eigenvalue weighted by molar-refractivity contribution is 0.669. The second kappa shape index (κ2) is 6.51. The zero-order valence-corrected chi connectivity index (χ0v) is 11.2. The van der Waals surface area contributed by atoms with Gasteiger partial charge in [-0.1, -0.05) is 37.8 Å². The number of unbranched alkanes of at least 4 members (excludes halogenated alkanes) is 3. The van der Waals surface area contributed by atoms with Crippen molar-refractivity contribution >= 4 is 22.9 Å². The summed E-state index contributed by atoms with van der Waals surface area (Å²) in [6.45, 7) is 4.94. The molecule has 2 N–H and O–H groups in total. The van der Waals surface area contributed by atoms with Crippen LogP contribution in [0.2, 0.25) is 4.34 Å². The molecule has 0 spiro atoms. The fourth-order valence-electron chi connectivity index (χ4n) is 1.75. The molecule has 0 aliphatic rings. The Bertz CT molecular complexity index is 307. The van der Waals surface area contributed by atoms with Gasteiger partial charge in [-0.05, 0) is 30.9 Å². The molecule has 1 nitrogen and oxygen atoms in total. The van der Waals surface area contributed by atoms with Gasteiger partial charge >= 0.3 is 0 Å². The summed E-state index contributed by atoms with van der Waals surface area (Å²) >= 11 is 7.84. The zero-order valence-electron chi connectivity index (χ0n) is 9.61. The van der Waals surface area contributed by atoms with Crippen molar-refractivity contribution in [3.63, 3.8) is 0 Å². The Morgan fingerprint density at radius 3 is 2.53 bits per heavy atom. The highest BCUT2D eigenvalue weighted by Crippen LogP contribution is 2.33. The first-order valence-electron chi connectivity index (χ1n) is 5.67. The summed E-state index contributed by atoms with van der Waals surface area (Å²) < 4.78 is 0.889. The molecule has 0 aliphatic heterocycles. The lowest BCUT2D eigenvalue weighted by Crippen LogP contribution is -1.97. The molecule has 1 rings (SSSR count). The predicted octanol–water partition coefficient (Wildman–Crippen LogP) is 4.29. The molecular weight excluding hydrogens is 226 g/mol. The van der Waals surface area contributed by atoms with Gasteiger partial charge in [-0.2, -0.15) is 0 Å². The Balaban J connectivity index is 2.54. The predicted molar refractivity (Wildman–Crippen MR) is 69.8 cm³/mol. The van der Waals surface area contributed by atoms with E-state index in [1.807, 2.05) is 0 Å². The zero-order chi connectivity index (χ0) is 11.3. The van der Waals surface area contributed by atoms with Crippen LogP contribution < -0.4 is 5.73 Å². The Hall–Kier alpha value is -0.0500. The maximum Gasteiger partial charge on any atom is 0.0978 e. The van der Waals surface area contributed by atoms with E-state index in [0.717, 1.165) is 16.3 Å². The number of hydrogen-bond acceptors (Lipinski definition) is 2. The minimum absolute atomic E-state index is 0.566. The van der Waals surface area contributed by atoms with Crippen molar-refractivity contribution in [1.29, 1.82) is 0 Å². The van der Waals surface area contributed by atoms with E-state index in [-0.39, 0.29) is 0 Å². The monoisotopic (exact) mass is 245 g/mol. The molecule has 0 radical (unpaired) electrons. The summed E-state index contributed by atoms with van der Waals surface area (Å²) in [7, 11) is 0. The van der Waals surface area contributed by atoms with Crippen LogP contribution in [0.3, 0.4) is 0 Å². The Morgan fingerprint density at radius 2 is 2.00 bits per heavy atom. The summed E-state index contributed by atoms with van der Waals surface area (Å²) in [6, 6.07) is 0. The molecule has 0 bridgehead atoms. The maximum absolute atomic E-state index is 6.13. The molecule has 1 heterocycles. The quantitative estimate of drug-likeness (QED) is 0.744. The normalized spacial score (nSPS) is 10.9. The van der Waals surface area contributed by atoms with Crippen molar-refractivity contribution in [2.75, 3.05) is 0 Å². The third-order valence-corrected chi connectivity index (χ3v) is 4.42. The van der Waals surface area contributed by atoms with E-state index in [0.29, 0.717) is 6.54 Å². The molecule has 0 aliphatic carbocycles. The van der Waals surface area contributed by atoms with Crippen molar-refractivity contribution in [3.8, 4) is 0 Å². The van der Waals surface area contributed by atoms with Crippen LogP contribution in [0.15, 0.2) is 0 Å². The van der Waals surface area contributed by atoms with Gasteiger partial charge in [-0.25, -0.2) is 0 Å². The molecule has 15 heavy (non-hydrogen) atoms. The summed E-state index contributed by atoms with van der Waals surface area (Å²) in [5, 5.41) is 0. The van der Waals surface area contributed by atoms with Gasteiger partial charge in [0.1, 0.15) is 0 Å². The molecule has 86 valence electrons. The standard InChI is InChI=1S/C12H20ClNS/c1-3-4-5-6-7-11-9(2)10(8-14)12(13)15-11/h3-8,14H2,1-2H3. The number of thiophene rings is 1. The van der Waals surface area contributed by atoms with E-state index >= 15 is 0 Å². The van der Waals surface area contributed by atoms with Gasteiger partial charge in [0.15, 0.2) is 0 Å². The number of aryl methyl sites for hydroxylation is 1. The molecule has 1 aromatic rings. The first-order chi connectivity index (χ1) is 7.20. The SMILES string of the molecule is CCCCCCc1sc(Cl)c(CN)c1C. The molecular formula is C12H20ClNS. The smallest absolute Gasteiger partial charge is 0.0978 e. The minimum Gasteiger partial charge on any atom is -0.326 e. The van der Waals surface area contributed by atoms with Gasteiger partial charge < -0.3 is 5.73 Å². The summed E-state index contributed by atoms with van der Waals surface area (Å²) in [5.74, 6) is 0. The molecule has 3 heteroatoms. The van der Waals surface area contributed by atoms with Gasteiger partial charge in [0, 0.05) is 11.4 Å². The Kier molecular flexibility index (Phi) is 5.65. The third-order valence-electron chi connectivity index (χ3n) is 2.78. The maximum atomic E-state index is 6.13. The van der Waals surface area contributed by atoms with Crippen molar-refractivity contribution in [1.82, 2.24) is 0 Å². The first kappa shape index (κ1) is 13.0. The van der Waals surface area contributed by atoms with Crippen LogP contribution in [0.4, 0.5) is 0 Å². The summed E-state index contributed by atoms with van der Waals surface area (Å²) in [4.78, 5) is 1.43. The molecule has 0 amide bonds. The van der Waals surface area contributed by atoms with Crippen LogP contribution >= 0.6 is 22.9 Å². The number of hydrogen-bond donors (Lipinski definition) is 1. The second-order valence-electron chi connectivity index (χ2n) is 3.92. The largest absolute Gasteiger partial charge is 0.326 e. The van der Waals surface area contributed by atoms with Gasteiger partial charge in [-0.15, -0.1) is 11.3 Å². The molecule has 1 aromatic heterocycles. The fraction of sp³-hybridized carbons (Fsp3) is 0.667. The number of rotatable bonds is 6. The highest BCUT2D eigenvalue weighted by molar-refractivity contribution is 7.16. The van der Waals surface area contributed by atoms with Gasteiger partial charge in [0.05, 0.1) is 4.34 Å². The molecule has 0 unspecified atom stereocenters. The van der Waals surface area contributed by atoms with Gasteiger partial charge in [-0.3, -0.25) is 0 Å². The highest BCUT2D eigenvalue weighted by Gasteiger charge is 2.11. The van der Waals surface area contributed by atoms with E-state index < -0.39 is 0 Å². The van der Waals surface area contributed by atoms with Crippen molar-refractivity contribution < 1.29 is 0 Å². The number of nitrogens with two attached hydrogens (primary N) is 1. The van der Waals surface area contributed by atoms with Crippen LogP contribution in [0.25, 0.3) is 0 Å². The van der Waals surface area contributed by atoms with Crippen LogP contribution in [0.1, 0.15) is 48.6 Å². The summed E-state index contributed by atoms with van der Waals surface area (Å²) in [5.41, 5.74) is 8.13. The van der Waals surface area contributed by atoms with Crippen molar-refractivity contribution in [3.05, 3.63) is 20.3 Å². The van der Waals surface area contributed by atoms with Gasteiger partial charge in [0.2, 0.25) is 0 Å². The van der Waals surface area contributed by atoms with E-state index in [1.165, 1.54) is 36.1 Å². The van der Waals surface area contributed by atoms with Gasteiger partial charge in [0.25, 0.3) is 0 Å². The molecule has 0 atom stereocenters. The van der Waals surface area contributed by atoms with E-state index in [4.69, 9.17) is 17.3 Å². The fourth-order valence-corrected chi connectivity index (χ4v) is 3.34. The van der Waals surface area contributed by atoms with E-state index in [1.54, 1.807) is 11.3 Å². The second-order valence-corrected chi connectivity index (χ2v) is 5.62. The lowest BCUT2D eigenvalue weighted by atomic mass is 10.1. The first-order valence-corrected chi connectivity index (χ1v) is 6.86. The number of halogens is 1. The highest BCUT2D eigenvalue weighted by atomic mass is 35.5. The Labute approximate surface area is 102 Å². The van der Waals surface area contributed by atoms with Crippen LogP contribution in [0, 0.1) is 6.92 Å².